The third kappa shape index (κ3) is 3.69. The molecule has 0 radical (unpaired) electrons. The molecule has 0 N–H and O–H groups in total. The molecule has 0 saturated carbocycles. The highest BCUT2D eigenvalue weighted by Crippen LogP contribution is 2.22. The van der Waals surface area contributed by atoms with E-state index in [1.807, 2.05) is 62.4 Å². The first-order chi connectivity index (χ1) is 11.3. The maximum absolute atomic E-state index is 5.66. The second-order valence-corrected chi connectivity index (χ2v) is 5.01. The summed E-state index contributed by atoms with van der Waals surface area (Å²) in [5.74, 6) is 2.49. The van der Waals surface area contributed by atoms with Crippen LogP contribution in [0.2, 0.25) is 0 Å². The fourth-order valence-corrected chi connectivity index (χ4v) is 2.18. The van der Waals surface area contributed by atoms with Crippen molar-refractivity contribution in [1.29, 1.82) is 0 Å². The van der Waals surface area contributed by atoms with Gasteiger partial charge in [-0.1, -0.05) is 18.2 Å². The summed E-state index contributed by atoms with van der Waals surface area (Å²) < 4.78 is 16.7. The molecule has 0 amide bonds. The molecule has 0 aliphatic carbocycles. The van der Waals surface area contributed by atoms with Gasteiger partial charge in [0, 0.05) is 5.56 Å². The van der Waals surface area contributed by atoms with E-state index < -0.39 is 0 Å². The Labute approximate surface area is 134 Å². The van der Waals surface area contributed by atoms with Crippen LogP contribution >= 0.6 is 0 Å². The zero-order valence-corrected chi connectivity index (χ0v) is 13.2. The van der Waals surface area contributed by atoms with Crippen molar-refractivity contribution in [2.24, 2.45) is 0 Å². The van der Waals surface area contributed by atoms with Gasteiger partial charge in [0.1, 0.15) is 11.5 Å². The highest BCUT2D eigenvalue weighted by atomic mass is 16.5. The van der Waals surface area contributed by atoms with Gasteiger partial charge >= 0.3 is 0 Å². The van der Waals surface area contributed by atoms with Crippen molar-refractivity contribution >= 4 is 0 Å². The van der Waals surface area contributed by atoms with Gasteiger partial charge in [-0.3, -0.25) is 0 Å². The van der Waals surface area contributed by atoms with E-state index in [-0.39, 0.29) is 6.61 Å². The van der Waals surface area contributed by atoms with E-state index in [0.29, 0.717) is 18.4 Å². The molecule has 0 aliphatic heterocycles. The summed E-state index contributed by atoms with van der Waals surface area (Å²) in [6.07, 6.45) is 0. The van der Waals surface area contributed by atoms with Gasteiger partial charge in [-0.15, -0.1) is 10.2 Å². The van der Waals surface area contributed by atoms with Gasteiger partial charge in [-0.05, 0) is 49.7 Å². The third-order valence-corrected chi connectivity index (χ3v) is 3.34. The Morgan fingerprint density at radius 1 is 0.913 bits per heavy atom. The Bertz CT molecular complexity index is 766. The quantitative estimate of drug-likeness (QED) is 0.688. The minimum absolute atomic E-state index is 0.229. The monoisotopic (exact) mass is 310 g/mol. The van der Waals surface area contributed by atoms with Crippen molar-refractivity contribution in [2.45, 2.75) is 20.5 Å². The number of rotatable bonds is 6. The van der Waals surface area contributed by atoms with Gasteiger partial charge in [0.15, 0.2) is 6.61 Å². The number of aromatic nitrogens is 2. The topological polar surface area (TPSA) is 57.4 Å². The van der Waals surface area contributed by atoms with Crippen LogP contribution in [0.25, 0.3) is 11.5 Å². The van der Waals surface area contributed by atoms with Crippen molar-refractivity contribution in [3.63, 3.8) is 0 Å². The van der Waals surface area contributed by atoms with Crippen molar-refractivity contribution in [1.82, 2.24) is 10.2 Å². The first-order valence-corrected chi connectivity index (χ1v) is 7.50. The fourth-order valence-electron chi connectivity index (χ4n) is 2.18. The Hall–Kier alpha value is -2.82. The number of nitrogens with zero attached hydrogens (tertiary/aromatic N) is 2. The summed E-state index contributed by atoms with van der Waals surface area (Å²) in [6, 6.07) is 15.3. The summed E-state index contributed by atoms with van der Waals surface area (Å²) in [5.41, 5.74) is 2.03. The van der Waals surface area contributed by atoms with E-state index >= 15 is 0 Å². The third-order valence-electron chi connectivity index (χ3n) is 3.34. The van der Waals surface area contributed by atoms with E-state index in [2.05, 4.69) is 10.2 Å². The molecule has 2 aromatic carbocycles. The molecule has 1 heterocycles. The number of benzene rings is 2. The van der Waals surface area contributed by atoms with Gasteiger partial charge in [0.2, 0.25) is 5.89 Å². The van der Waals surface area contributed by atoms with Crippen LogP contribution in [0.1, 0.15) is 18.4 Å². The Morgan fingerprint density at radius 3 is 2.30 bits per heavy atom. The van der Waals surface area contributed by atoms with E-state index in [4.69, 9.17) is 13.9 Å². The molecular weight excluding hydrogens is 292 g/mol. The summed E-state index contributed by atoms with van der Waals surface area (Å²) in [4.78, 5) is 0. The zero-order chi connectivity index (χ0) is 16.1. The lowest BCUT2D eigenvalue weighted by atomic mass is 10.1. The predicted molar refractivity (Wildman–Crippen MR) is 86.4 cm³/mol. The predicted octanol–water partition coefficient (Wildman–Crippen LogP) is 4.02. The molecular formula is C18H18N2O3. The minimum atomic E-state index is 0.229. The van der Waals surface area contributed by atoms with E-state index in [0.717, 1.165) is 22.6 Å². The van der Waals surface area contributed by atoms with E-state index in [1.54, 1.807) is 0 Å². The molecule has 0 fully saturated rings. The van der Waals surface area contributed by atoms with Crippen LogP contribution < -0.4 is 9.47 Å². The van der Waals surface area contributed by atoms with Gasteiger partial charge in [-0.25, -0.2) is 0 Å². The SMILES string of the molecule is CCOc1ccc(OCc2nnc(-c3ccccc3C)o2)cc1. The second kappa shape index (κ2) is 6.96. The van der Waals surface area contributed by atoms with Crippen LogP contribution in [0.15, 0.2) is 52.9 Å². The van der Waals surface area contributed by atoms with Crippen LogP contribution in [-0.2, 0) is 6.61 Å². The number of ether oxygens (including phenoxy) is 2. The molecule has 5 heteroatoms. The highest BCUT2D eigenvalue weighted by Gasteiger charge is 2.10. The smallest absolute Gasteiger partial charge is 0.254 e. The first kappa shape index (κ1) is 15.1. The van der Waals surface area contributed by atoms with Crippen LogP contribution in [0.3, 0.4) is 0 Å². The lowest BCUT2D eigenvalue weighted by Gasteiger charge is -2.05. The van der Waals surface area contributed by atoms with E-state index in [1.165, 1.54) is 0 Å². The average molecular weight is 310 g/mol. The van der Waals surface area contributed by atoms with Crippen molar-refractivity contribution < 1.29 is 13.9 Å². The summed E-state index contributed by atoms with van der Waals surface area (Å²) >= 11 is 0. The largest absolute Gasteiger partial charge is 0.494 e. The Kier molecular flexibility index (Phi) is 4.57. The van der Waals surface area contributed by atoms with Crippen LogP contribution in [-0.4, -0.2) is 16.8 Å². The molecule has 0 aliphatic rings. The maximum Gasteiger partial charge on any atom is 0.254 e. The summed E-state index contributed by atoms with van der Waals surface area (Å²) in [5, 5.41) is 8.11. The molecule has 0 unspecified atom stereocenters. The summed E-state index contributed by atoms with van der Waals surface area (Å²) in [6.45, 7) is 4.83. The molecule has 3 rings (SSSR count). The lowest BCUT2D eigenvalue weighted by Crippen LogP contribution is -1.96. The van der Waals surface area contributed by atoms with Gasteiger partial charge < -0.3 is 13.9 Å². The van der Waals surface area contributed by atoms with Crippen LogP contribution in [0.4, 0.5) is 0 Å². The number of hydrogen-bond donors (Lipinski definition) is 0. The number of aryl methyl sites for hydroxylation is 1. The molecule has 0 atom stereocenters. The van der Waals surface area contributed by atoms with Crippen LogP contribution in [0, 0.1) is 6.92 Å². The average Bonchev–Trinajstić information content (AvgIpc) is 3.04. The highest BCUT2D eigenvalue weighted by molar-refractivity contribution is 5.57. The van der Waals surface area contributed by atoms with E-state index in [9.17, 15) is 0 Å². The van der Waals surface area contributed by atoms with Crippen molar-refractivity contribution in [3.05, 3.63) is 60.0 Å². The molecule has 0 bridgehead atoms. The molecule has 0 saturated heterocycles. The molecule has 1 aromatic heterocycles. The van der Waals surface area contributed by atoms with Gasteiger partial charge in [-0.2, -0.15) is 0 Å². The lowest BCUT2D eigenvalue weighted by molar-refractivity contribution is 0.264. The minimum Gasteiger partial charge on any atom is -0.494 e. The molecule has 5 nitrogen and oxygen atoms in total. The number of hydrogen-bond acceptors (Lipinski definition) is 5. The second-order valence-electron chi connectivity index (χ2n) is 5.01. The zero-order valence-electron chi connectivity index (χ0n) is 13.2. The standard InChI is InChI=1S/C18H18N2O3/c1-3-21-14-8-10-15(11-9-14)22-12-17-19-20-18(23-17)16-7-5-4-6-13(16)2/h4-11H,3,12H2,1-2H3. The first-order valence-electron chi connectivity index (χ1n) is 7.50. The fraction of sp³-hybridized carbons (Fsp3) is 0.222. The van der Waals surface area contributed by atoms with Crippen molar-refractivity contribution in [3.8, 4) is 23.0 Å². The molecule has 0 spiro atoms. The summed E-state index contributed by atoms with van der Waals surface area (Å²) in [7, 11) is 0. The normalized spacial score (nSPS) is 10.5. The Morgan fingerprint density at radius 2 is 1.61 bits per heavy atom. The van der Waals surface area contributed by atoms with Crippen molar-refractivity contribution in [2.75, 3.05) is 6.61 Å². The Balaban J connectivity index is 1.64. The molecule has 23 heavy (non-hydrogen) atoms. The van der Waals surface area contributed by atoms with Crippen LogP contribution in [0.5, 0.6) is 11.5 Å². The molecule has 118 valence electrons. The maximum atomic E-state index is 5.66. The van der Waals surface area contributed by atoms with Gasteiger partial charge in [0.05, 0.1) is 6.61 Å². The molecule has 3 aromatic rings. The van der Waals surface area contributed by atoms with Gasteiger partial charge in [0.25, 0.3) is 5.89 Å².